The van der Waals surface area contributed by atoms with Crippen LogP contribution in [0.1, 0.15) is 61.6 Å². The Morgan fingerprint density at radius 1 is 1.09 bits per heavy atom. The Hall–Kier alpha value is -1.20. The Bertz CT molecular complexity index is 531. The number of aromatic nitrogens is 3. The van der Waals surface area contributed by atoms with Crippen molar-refractivity contribution in [2.75, 3.05) is 33.4 Å². The summed E-state index contributed by atoms with van der Waals surface area (Å²) in [6.45, 7) is 3.97. The van der Waals surface area contributed by atoms with Crippen molar-refractivity contribution >= 4 is 0 Å². The van der Waals surface area contributed by atoms with Crippen molar-refractivity contribution in [2.24, 2.45) is 0 Å². The van der Waals surface area contributed by atoms with Crippen LogP contribution < -0.4 is 0 Å². The van der Waals surface area contributed by atoms with Gasteiger partial charge in [0, 0.05) is 18.4 Å². The average Bonchev–Trinajstić information content (AvgIpc) is 3.27. The van der Waals surface area contributed by atoms with Crippen LogP contribution in [0.15, 0.2) is 12.2 Å². The van der Waals surface area contributed by atoms with E-state index < -0.39 is 0 Å². The summed E-state index contributed by atoms with van der Waals surface area (Å²) in [6, 6.07) is 0.523. The molecule has 3 heterocycles. The molecular weight excluding hydrogens is 276 g/mol. The molecule has 5 heteroatoms. The third-order valence-electron chi connectivity index (χ3n) is 5.38. The fourth-order valence-electron chi connectivity index (χ4n) is 3.88. The van der Waals surface area contributed by atoms with Crippen molar-refractivity contribution in [3.63, 3.8) is 0 Å². The molecule has 4 rings (SSSR count). The summed E-state index contributed by atoms with van der Waals surface area (Å²) in [5.41, 5.74) is 0. The molecule has 2 fully saturated rings. The first-order chi connectivity index (χ1) is 10.8. The van der Waals surface area contributed by atoms with E-state index >= 15 is 0 Å². The minimum atomic E-state index is 0.403. The lowest BCUT2D eigenvalue weighted by Crippen LogP contribution is -2.32. The molecule has 1 aromatic rings. The van der Waals surface area contributed by atoms with Crippen LogP contribution in [0, 0.1) is 0 Å². The molecule has 0 saturated carbocycles. The molecule has 0 radical (unpaired) electrons. The van der Waals surface area contributed by atoms with Gasteiger partial charge in [-0.05, 0) is 52.2 Å². The van der Waals surface area contributed by atoms with Crippen LogP contribution in [-0.2, 0) is 4.74 Å². The largest absolute Gasteiger partial charge is 0.381 e. The summed E-state index contributed by atoms with van der Waals surface area (Å²) >= 11 is 0. The molecule has 3 aliphatic rings. The van der Waals surface area contributed by atoms with Crippen LogP contribution in [-0.4, -0.2) is 53.0 Å². The highest BCUT2D eigenvalue weighted by molar-refractivity contribution is 5.13. The smallest absolute Gasteiger partial charge is 0.156 e. The zero-order valence-corrected chi connectivity index (χ0v) is 13.4. The minimum Gasteiger partial charge on any atom is -0.381 e. The number of allylic oxidation sites excluding steroid dienone is 2. The van der Waals surface area contributed by atoms with E-state index in [0.29, 0.717) is 17.9 Å². The topological polar surface area (TPSA) is 43.2 Å². The van der Waals surface area contributed by atoms with Crippen LogP contribution in [0.2, 0.25) is 0 Å². The molecule has 22 heavy (non-hydrogen) atoms. The van der Waals surface area contributed by atoms with E-state index in [4.69, 9.17) is 14.8 Å². The van der Waals surface area contributed by atoms with Crippen molar-refractivity contribution in [2.45, 2.75) is 50.0 Å². The molecule has 0 aromatic carbocycles. The molecule has 120 valence electrons. The van der Waals surface area contributed by atoms with Crippen molar-refractivity contribution in [1.29, 1.82) is 0 Å². The summed E-state index contributed by atoms with van der Waals surface area (Å²) in [5.74, 6) is 3.18. The van der Waals surface area contributed by atoms with Gasteiger partial charge in [-0.25, -0.2) is 9.67 Å². The third kappa shape index (κ3) is 2.72. The number of hydrogen-bond acceptors (Lipinski definition) is 4. The number of piperidine rings is 1. The normalized spacial score (nSPS) is 28.0. The molecule has 0 unspecified atom stereocenters. The number of ether oxygens (including phenoxy) is 1. The van der Waals surface area contributed by atoms with Crippen molar-refractivity contribution in [1.82, 2.24) is 19.7 Å². The molecule has 5 nitrogen and oxygen atoms in total. The maximum Gasteiger partial charge on any atom is 0.156 e. The van der Waals surface area contributed by atoms with E-state index in [-0.39, 0.29) is 0 Å². The first-order valence-electron chi connectivity index (χ1n) is 8.69. The molecule has 0 spiro atoms. The molecule has 1 aliphatic carbocycles. The monoisotopic (exact) mass is 302 g/mol. The minimum absolute atomic E-state index is 0.403. The van der Waals surface area contributed by atoms with Crippen LogP contribution in [0.5, 0.6) is 0 Å². The van der Waals surface area contributed by atoms with Gasteiger partial charge in [-0.3, -0.25) is 0 Å². The van der Waals surface area contributed by atoms with Gasteiger partial charge in [-0.1, -0.05) is 12.2 Å². The second-order valence-electron chi connectivity index (χ2n) is 7.01. The quantitative estimate of drug-likeness (QED) is 0.805. The zero-order chi connectivity index (χ0) is 14.9. The standard InChI is InChI=1S/C17H26N4O/c1-20-9-6-15(7-10-20)21-17(13-4-2-3-5-13)18-16(19-21)14-8-11-22-12-14/h2-3,13-15H,4-12H2,1H3/t14-/m1/s1. The van der Waals surface area contributed by atoms with Gasteiger partial charge in [-0.15, -0.1) is 0 Å². The SMILES string of the molecule is CN1CCC(n2nc([C@@H]3CCOC3)nc2C2CC=CC2)CC1. The molecule has 0 N–H and O–H groups in total. The Morgan fingerprint density at radius 2 is 1.86 bits per heavy atom. The number of rotatable bonds is 3. The Labute approximate surface area is 132 Å². The molecule has 1 aromatic heterocycles. The second-order valence-corrected chi connectivity index (χ2v) is 7.01. The summed E-state index contributed by atoms with van der Waals surface area (Å²) in [4.78, 5) is 7.40. The number of hydrogen-bond donors (Lipinski definition) is 0. The summed E-state index contributed by atoms with van der Waals surface area (Å²) < 4.78 is 7.83. The van der Waals surface area contributed by atoms with E-state index in [9.17, 15) is 0 Å². The Kier molecular flexibility index (Phi) is 4.01. The van der Waals surface area contributed by atoms with Gasteiger partial charge in [0.1, 0.15) is 5.82 Å². The van der Waals surface area contributed by atoms with E-state index in [0.717, 1.165) is 51.4 Å². The van der Waals surface area contributed by atoms with Gasteiger partial charge < -0.3 is 9.64 Å². The number of nitrogens with zero attached hydrogens (tertiary/aromatic N) is 4. The molecular formula is C17H26N4O. The first kappa shape index (κ1) is 14.4. The van der Waals surface area contributed by atoms with Crippen molar-refractivity contribution in [3.8, 4) is 0 Å². The molecule has 1 atom stereocenters. The predicted molar refractivity (Wildman–Crippen MR) is 85.1 cm³/mol. The van der Waals surface area contributed by atoms with Gasteiger partial charge in [0.25, 0.3) is 0 Å². The van der Waals surface area contributed by atoms with Crippen LogP contribution in [0.4, 0.5) is 0 Å². The van der Waals surface area contributed by atoms with Crippen molar-refractivity contribution < 1.29 is 4.74 Å². The van der Waals surface area contributed by atoms with E-state index in [2.05, 4.69) is 28.8 Å². The summed E-state index contributed by atoms with van der Waals surface area (Å²) in [6.07, 6.45) is 10.3. The maximum atomic E-state index is 5.54. The Balaban J connectivity index is 1.62. The second kappa shape index (κ2) is 6.13. The third-order valence-corrected chi connectivity index (χ3v) is 5.38. The van der Waals surface area contributed by atoms with E-state index in [1.54, 1.807) is 0 Å². The van der Waals surface area contributed by atoms with E-state index in [1.807, 2.05) is 0 Å². The van der Waals surface area contributed by atoms with Gasteiger partial charge in [0.2, 0.25) is 0 Å². The van der Waals surface area contributed by atoms with Crippen LogP contribution in [0.25, 0.3) is 0 Å². The van der Waals surface area contributed by atoms with Crippen molar-refractivity contribution in [3.05, 3.63) is 23.8 Å². The van der Waals surface area contributed by atoms with Gasteiger partial charge in [0.05, 0.1) is 12.6 Å². The first-order valence-corrected chi connectivity index (χ1v) is 8.69. The van der Waals surface area contributed by atoms with Gasteiger partial charge in [0.15, 0.2) is 5.82 Å². The fraction of sp³-hybridized carbons (Fsp3) is 0.765. The lowest BCUT2D eigenvalue weighted by Gasteiger charge is -2.30. The summed E-state index contributed by atoms with van der Waals surface area (Å²) in [7, 11) is 2.21. The molecule has 2 saturated heterocycles. The molecule has 2 aliphatic heterocycles. The lowest BCUT2D eigenvalue weighted by atomic mass is 10.0. The Morgan fingerprint density at radius 3 is 2.55 bits per heavy atom. The molecule has 0 amide bonds. The van der Waals surface area contributed by atoms with E-state index in [1.165, 1.54) is 18.7 Å². The zero-order valence-electron chi connectivity index (χ0n) is 13.4. The van der Waals surface area contributed by atoms with Gasteiger partial charge >= 0.3 is 0 Å². The highest BCUT2D eigenvalue weighted by atomic mass is 16.5. The highest BCUT2D eigenvalue weighted by Crippen LogP contribution is 2.34. The van der Waals surface area contributed by atoms with Gasteiger partial charge in [-0.2, -0.15) is 5.10 Å². The maximum absolute atomic E-state index is 5.54. The highest BCUT2D eigenvalue weighted by Gasteiger charge is 2.30. The predicted octanol–water partition coefficient (Wildman–Crippen LogP) is 2.48. The van der Waals surface area contributed by atoms with Crippen LogP contribution in [0.3, 0.4) is 0 Å². The number of likely N-dealkylation sites (tertiary alicyclic amines) is 1. The molecule has 0 bridgehead atoms. The lowest BCUT2D eigenvalue weighted by molar-refractivity contribution is 0.192. The average molecular weight is 302 g/mol. The fourth-order valence-corrected chi connectivity index (χ4v) is 3.88. The summed E-state index contributed by atoms with van der Waals surface area (Å²) in [5, 5.41) is 4.96. The van der Waals surface area contributed by atoms with Crippen LogP contribution >= 0.6 is 0 Å².